The summed E-state index contributed by atoms with van der Waals surface area (Å²) in [6, 6.07) is 3.51. The number of hydrogen-bond donors (Lipinski definition) is 2. The van der Waals surface area contributed by atoms with E-state index in [1.54, 1.807) is 18.3 Å². The molecule has 1 fully saturated rings. The molecule has 2 N–H and O–H groups in total. The number of nitrogens with zero attached hydrogens (tertiary/aromatic N) is 2. The monoisotopic (exact) mass is 293 g/mol. The third-order valence-electron chi connectivity index (χ3n) is 3.85. The number of rotatable bonds is 6. The summed E-state index contributed by atoms with van der Waals surface area (Å²) in [4.78, 5) is 18.3. The van der Waals surface area contributed by atoms with Crippen LogP contribution >= 0.6 is 0 Å². The highest BCUT2D eigenvalue weighted by atomic mass is 16.5. The van der Waals surface area contributed by atoms with Gasteiger partial charge in [0, 0.05) is 37.0 Å². The maximum absolute atomic E-state index is 12.0. The Bertz CT molecular complexity index is 467. The summed E-state index contributed by atoms with van der Waals surface area (Å²) in [7, 11) is 1.52. The molecule has 1 aliphatic rings. The molecule has 21 heavy (non-hydrogen) atoms. The zero-order valence-corrected chi connectivity index (χ0v) is 12.4. The lowest BCUT2D eigenvalue weighted by atomic mass is 10.0. The summed E-state index contributed by atoms with van der Waals surface area (Å²) in [5, 5.41) is 12.3. The highest BCUT2D eigenvalue weighted by molar-refractivity contribution is 5.94. The summed E-state index contributed by atoms with van der Waals surface area (Å²) in [6.45, 7) is 2.51. The van der Waals surface area contributed by atoms with E-state index in [0.717, 1.165) is 25.9 Å². The first-order valence-electron chi connectivity index (χ1n) is 7.37. The van der Waals surface area contributed by atoms with Gasteiger partial charge in [-0.2, -0.15) is 0 Å². The van der Waals surface area contributed by atoms with Crippen LogP contribution in [0.25, 0.3) is 0 Å². The Balaban J connectivity index is 1.80. The minimum atomic E-state index is -0.131. The van der Waals surface area contributed by atoms with Gasteiger partial charge in [0.05, 0.1) is 13.7 Å². The molecule has 6 heteroatoms. The van der Waals surface area contributed by atoms with Crippen LogP contribution in [0, 0.1) is 0 Å². The lowest BCUT2D eigenvalue weighted by molar-refractivity contribution is 0.0849. The minimum Gasteiger partial charge on any atom is -0.481 e. The van der Waals surface area contributed by atoms with Crippen molar-refractivity contribution in [2.45, 2.75) is 25.3 Å². The Morgan fingerprint density at radius 2 is 2.43 bits per heavy atom. The Labute approximate surface area is 125 Å². The molecule has 1 amide bonds. The summed E-state index contributed by atoms with van der Waals surface area (Å²) in [5.41, 5.74) is 0.541. The average Bonchev–Trinajstić information content (AvgIpc) is 2.55. The molecule has 1 aromatic rings. The number of aliphatic hydroxyl groups is 1. The molecule has 2 rings (SSSR count). The second kappa shape index (κ2) is 7.95. The lowest BCUT2D eigenvalue weighted by Crippen LogP contribution is -2.45. The van der Waals surface area contributed by atoms with Crippen molar-refractivity contribution < 1.29 is 14.6 Å². The Kier molecular flexibility index (Phi) is 5.95. The zero-order chi connectivity index (χ0) is 15.1. The molecule has 1 saturated heterocycles. The summed E-state index contributed by atoms with van der Waals surface area (Å²) >= 11 is 0. The highest BCUT2D eigenvalue weighted by Gasteiger charge is 2.21. The molecule has 0 saturated carbocycles. The quantitative estimate of drug-likeness (QED) is 0.806. The van der Waals surface area contributed by atoms with Gasteiger partial charge in [-0.1, -0.05) is 6.42 Å². The fraction of sp³-hybridized carbons (Fsp3) is 0.600. The van der Waals surface area contributed by atoms with Gasteiger partial charge in [-0.3, -0.25) is 9.69 Å². The zero-order valence-electron chi connectivity index (χ0n) is 12.4. The van der Waals surface area contributed by atoms with Crippen LogP contribution in [0.5, 0.6) is 5.88 Å². The van der Waals surface area contributed by atoms with Gasteiger partial charge in [0.25, 0.3) is 5.91 Å². The van der Waals surface area contributed by atoms with Crippen molar-refractivity contribution in [2.24, 2.45) is 0 Å². The smallest absolute Gasteiger partial charge is 0.251 e. The van der Waals surface area contributed by atoms with Crippen molar-refractivity contribution in [1.29, 1.82) is 0 Å². The SMILES string of the molecule is COc1cc(C(=O)NCCN2CCCCC2CO)ccn1. The maximum Gasteiger partial charge on any atom is 0.251 e. The van der Waals surface area contributed by atoms with Crippen LogP contribution in [0.3, 0.4) is 0 Å². The Morgan fingerprint density at radius 3 is 3.19 bits per heavy atom. The standard InChI is InChI=1S/C15H23N3O3/c1-21-14-10-12(5-6-16-14)15(20)17-7-9-18-8-3-2-4-13(18)11-19/h5-6,10,13,19H,2-4,7-9,11H2,1H3,(H,17,20). The number of ether oxygens (including phenoxy) is 1. The minimum absolute atomic E-state index is 0.131. The first kappa shape index (κ1) is 15.7. The van der Waals surface area contributed by atoms with E-state index in [4.69, 9.17) is 4.74 Å². The molecule has 116 valence electrons. The number of piperidine rings is 1. The molecular weight excluding hydrogens is 270 g/mol. The fourth-order valence-electron chi connectivity index (χ4n) is 2.64. The van der Waals surface area contributed by atoms with Gasteiger partial charge in [0.15, 0.2) is 0 Å². The summed E-state index contributed by atoms with van der Waals surface area (Å²) in [6.07, 6.45) is 4.92. The van der Waals surface area contributed by atoms with E-state index in [1.165, 1.54) is 13.5 Å². The van der Waals surface area contributed by atoms with Crippen molar-refractivity contribution in [3.05, 3.63) is 23.9 Å². The van der Waals surface area contributed by atoms with Crippen LogP contribution in [-0.2, 0) is 0 Å². The largest absolute Gasteiger partial charge is 0.481 e. The van der Waals surface area contributed by atoms with Crippen LogP contribution in [-0.4, -0.2) is 60.3 Å². The number of aromatic nitrogens is 1. The second-order valence-electron chi connectivity index (χ2n) is 5.21. The van der Waals surface area contributed by atoms with Gasteiger partial charge >= 0.3 is 0 Å². The van der Waals surface area contributed by atoms with Crippen molar-refractivity contribution >= 4 is 5.91 Å². The molecule has 0 radical (unpaired) electrons. The molecule has 6 nitrogen and oxygen atoms in total. The van der Waals surface area contributed by atoms with Crippen LogP contribution in [0.1, 0.15) is 29.6 Å². The number of nitrogens with one attached hydrogen (secondary N) is 1. The van der Waals surface area contributed by atoms with Crippen molar-refractivity contribution in [3.63, 3.8) is 0 Å². The van der Waals surface area contributed by atoms with Gasteiger partial charge in [0.1, 0.15) is 0 Å². The third kappa shape index (κ3) is 4.41. The molecule has 2 heterocycles. The van der Waals surface area contributed by atoms with E-state index in [9.17, 15) is 9.90 Å². The average molecular weight is 293 g/mol. The van der Waals surface area contributed by atoms with E-state index in [1.807, 2.05) is 0 Å². The van der Waals surface area contributed by atoms with Crippen molar-refractivity contribution in [1.82, 2.24) is 15.2 Å². The molecule has 1 unspecified atom stereocenters. The van der Waals surface area contributed by atoms with Crippen molar-refractivity contribution in [2.75, 3.05) is 33.4 Å². The number of pyridine rings is 1. The first-order chi connectivity index (χ1) is 10.2. The Morgan fingerprint density at radius 1 is 1.57 bits per heavy atom. The maximum atomic E-state index is 12.0. The number of carbonyl (C=O) groups excluding carboxylic acids is 1. The molecule has 0 aromatic carbocycles. The van der Waals surface area contributed by atoms with Crippen LogP contribution < -0.4 is 10.1 Å². The van der Waals surface area contributed by atoms with E-state index < -0.39 is 0 Å². The van der Waals surface area contributed by atoms with E-state index in [-0.39, 0.29) is 18.6 Å². The molecule has 0 spiro atoms. The van der Waals surface area contributed by atoms with Gasteiger partial charge in [0.2, 0.25) is 5.88 Å². The van der Waals surface area contributed by atoms with Crippen LogP contribution in [0.2, 0.25) is 0 Å². The number of carbonyl (C=O) groups is 1. The molecule has 1 atom stereocenters. The van der Waals surface area contributed by atoms with Gasteiger partial charge in [-0.05, 0) is 25.5 Å². The molecular formula is C15H23N3O3. The summed E-state index contributed by atoms with van der Waals surface area (Å²) < 4.78 is 5.01. The van der Waals surface area contributed by atoms with E-state index >= 15 is 0 Å². The number of amides is 1. The topological polar surface area (TPSA) is 74.7 Å². The number of aliphatic hydroxyl groups excluding tert-OH is 1. The van der Waals surface area contributed by atoms with Gasteiger partial charge in [-0.15, -0.1) is 0 Å². The summed E-state index contributed by atoms with van der Waals surface area (Å²) in [5.74, 6) is 0.298. The van der Waals surface area contributed by atoms with Crippen LogP contribution in [0.4, 0.5) is 0 Å². The molecule has 0 aliphatic carbocycles. The molecule has 0 bridgehead atoms. The predicted octanol–water partition coefficient (Wildman–Crippen LogP) is 0.667. The number of hydrogen-bond acceptors (Lipinski definition) is 5. The normalized spacial score (nSPS) is 19.2. The third-order valence-corrected chi connectivity index (χ3v) is 3.85. The molecule has 1 aliphatic heterocycles. The lowest BCUT2D eigenvalue weighted by Gasteiger charge is -2.34. The van der Waals surface area contributed by atoms with Crippen molar-refractivity contribution in [3.8, 4) is 5.88 Å². The van der Waals surface area contributed by atoms with E-state index in [2.05, 4.69) is 15.2 Å². The highest BCUT2D eigenvalue weighted by Crippen LogP contribution is 2.15. The van der Waals surface area contributed by atoms with Gasteiger partial charge in [-0.25, -0.2) is 4.98 Å². The van der Waals surface area contributed by atoms with E-state index in [0.29, 0.717) is 18.0 Å². The predicted molar refractivity (Wildman–Crippen MR) is 79.4 cm³/mol. The fourth-order valence-corrected chi connectivity index (χ4v) is 2.64. The Hall–Kier alpha value is -1.66. The number of likely N-dealkylation sites (tertiary alicyclic amines) is 1. The second-order valence-corrected chi connectivity index (χ2v) is 5.21. The van der Waals surface area contributed by atoms with Crippen LogP contribution in [0.15, 0.2) is 18.3 Å². The number of methoxy groups -OCH3 is 1. The first-order valence-corrected chi connectivity index (χ1v) is 7.37. The van der Waals surface area contributed by atoms with Gasteiger partial charge < -0.3 is 15.2 Å². The molecule has 1 aromatic heterocycles.